The van der Waals surface area contributed by atoms with E-state index in [1.165, 1.54) is 18.2 Å². The van der Waals surface area contributed by atoms with E-state index in [1.807, 2.05) is 0 Å². The number of sulfonamides is 1. The first-order chi connectivity index (χ1) is 11.2. The number of rotatable bonds is 6. The highest BCUT2D eigenvalue weighted by Gasteiger charge is 2.30. The van der Waals surface area contributed by atoms with Crippen LogP contribution < -0.4 is 5.73 Å². The Balaban J connectivity index is 2.46. The summed E-state index contributed by atoms with van der Waals surface area (Å²) >= 11 is 15.3. The van der Waals surface area contributed by atoms with Crippen molar-refractivity contribution in [1.82, 2.24) is 4.31 Å². The number of hydrogen-bond donors (Lipinski definition) is 1. The Morgan fingerprint density at radius 1 is 1.08 bits per heavy atom. The summed E-state index contributed by atoms with van der Waals surface area (Å²) in [5.74, 6) is -0.779. The Kier molecular flexibility index (Phi) is 6.28. The van der Waals surface area contributed by atoms with Gasteiger partial charge in [-0.2, -0.15) is 4.31 Å². The summed E-state index contributed by atoms with van der Waals surface area (Å²) in [6, 6.07) is 11.4. The second kappa shape index (κ2) is 7.84. The molecule has 0 aliphatic heterocycles. The van der Waals surface area contributed by atoms with Crippen molar-refractivity contribution in [3.63, 3.8) is 0 Å². The Morgan fingerprint density at radius 3 is 2.12 bits per heavy atom. The minimum atomic E-state index is -4.11. The zero-order chi connectivity index (χ0) is 17.9. The van der Waals surface area contributed by atoms with Gasteiger partial charge in [-0.05, 0) is 29.8 Å². The summed E-state index contributed by atoms with van der Waals surface area (Å²) in [4.78, 5) is 11.1. The minimum Gasteiger partial charge on any atom is -0.369 e. The van der Waals surface area contributed by atoms with Gasteiger partial charge in [0.05, 0.1) is 16.6 Å². The number of nitrogens with zero attached hydrogens (tertiary/aromatic N) is 1. The normalized spacial score (nSPS) is 11.7. The second-order valence-electron chi connectivity index (χ2n) is 4.92. The fourth-order valence-electron chi connectivity index (χ4n) is 2.05. The number of benzene rings is 2. The molecule has 5 nitrogen and oxygen atoms in total. The molecule has 24 heavy (non-hydrogen) atoms. The summed E-state index contributed by atoms with van der Waals surface area (Å²) in [5, 5.41) is -0.0412. The lowest BCUT2D eigenvalue weighted by atomic mass is 10.2. The van der Waals surface area contributed by atoms with E-state index >= 15 is 0 Å². The molecule has 0 unspecified atom stereocenters. The molecule has 128 valence electrons. The van der Waals surface area contributed by atoms with Crippen LogP contribution in [0, 0.1) is 0 Å². The third-order valence-corrected chi connectivity index (χ3v) is 6.40. The molecular weight excluding hydrogens is 439 g/mol. The minimum absolute atomic E-state index is 0.0206. The highest BCUT2D eigenvalue weighted by Crippen LogP contribution is 2.32. The standard InChI is InChI=1S/C15H13BrCl2N2O3S/c16-11-6-4-10(5-7-11)8-20(9-14(19)21)24(22,23)15-12(17)2-1-3-13(15)18/h1-7H,8-9H2,(H2,19,21). The Morgan fingerprint density at radius 2 is 1.62 bits per heavy atom. The van der Waals surface area contributed by atoms with Gasteiger partial charge in [0.1, 0.15) is 4.90 Å². The van der Waals surface area contributed by atoms with Gasteiger partial charge >= 0.3 is 0 Å². The molecule has 0 bridgehead atoms. The van der Waals surface area contributed by atoms with E-state index in [-0.39, 0.29) is 21.5 Å². The Hall–Kier alpha value is -1.12. The first kappa shape index (κ1) is 19.2. The molecule has 0 atom stereocenters. The van der Waals surface area contributed by atoms with Crippen molar-refractivity contribution in [2.75, 3.05) is 6.54 Å². The van der Waals surface area contributed by atoms with Crippen LogP contribution in [-0.2, 0) is 21.4 Å². The summed E-state index contributed by atoms with van der Waals surface area (Å²) in [7, 11) is -4.11. The summed E-state index contributed by atoms with van der Waals surface area (Å²) in [5.41, 5.74) is 5.89. The third kappa shape index (κ3) is 4.49. The molecule has 0 saturated carbocycles. The Labute approximate surface area is 158 Å². The molecular formula is C15H13BrCl2N2O3S. The first-order valence-corrected chi connectivity index (χ1v) is 9.67. The van der Waals surface area contributed by atoms with Gasteiger partial charge in [-0.15, -0.1) is 0 Å². The average Bonchev–Trinajstić information content (AvgIpc) is 2.48. The van der Waals surface area contributed by atoms with Crippen LogP contribution in [0.25, 0.3) is 0 Å². The lowest BCUT2D eigenvalue weighted by Gasteiger charge is -2.22. The number of carbonyl (C=O) groups excluding carboxylic acids is 1. The monoisotopic (exact) mass is 450 g/mol. The van der Waals surface area contributed by atoms with Crippen molar-refractivity contribution >= 4 is 55.1 Å². The van der Waals surface area contributed by atoms with Gasteiger partial charge in [-0.3, -0.25) is 4.79 Å². The molecule has 0 aliphatic rings. The van der Waals surface area contributed by atoms with Crippen molar-refractivity contribution in [1.29, 1.82) is 0 Å². The highest BCUT2D eigenvalue weighted by molar-refractivity contribution is 9.10. The maximum absolute atomic E-state index is 12.9. The fraction of sp³-hybridized carbons (Fsp3) is 0.133. The molecule has 0 saturated heterocycles. The lowest BCUT2D eigenvalue weighted by molar-refractivity contribution is -0.118. The number of hydrogen-bond acceptors (Lipinski definition) is 3. The van der Waals surface area contributed by atoms with Crippen molar-refractivity contribution in [3.05, 3.63) is 62.5 Å². The van der Waals surface area contributed by atoms with Gasteiger partial charge in [0.25, 0.3) is 0 Å². The van der Waals surface area contributed by atoms with Crippen LogP contribution in [0.5, 0.6) is 0 Å². The SMILES string of the molecule is NC(=O)CN(Cc1ccc(Br)cc1)S(=O)(=O)c1c(Cl)cccc1Cl. The first-order valence-electron chi connectivity index (χ1n) is 6.68. The Bertz CT molecular complexity index is 837. The van der Waals surface area contributed by atoms with Crippen LogP contribution >= 0.6 is 39.1 Å². The van der Waals surface area contributed by atoms with Crippen molar-refractivity contribution in [3.8, 4) is 0 Å². The van der Waals surface area contributed by atoms with Gasteiger partial charge < -0.3 is 5.73 Å². The van der Waals surface area contributed by atoms with Crippen LogP contribution in [0.1, 0.15) is 5.56 Å². The topological polar surface area (TPSA) is 80.5 Å². The largest absolute Gasteiger partial charge is 0.369 e. The van der Waals surface area contributed by atoms with Gasteiger partial charge in [-0.25, -0.2) is 8.42 Å². The average molecular weight is 452 g/mol. The zero-order valence-corrected chi connectivity index (χ0v) is 16.2. The van der Waals surface area contributed by atoms with Crippen LogP contribution in [-0.4, -0.2) is 25.2 Å². The van der Waals surface area contributed by atoms with Gasteiger partial charge in [0.15, 0.2) is 0 Å². The van der Waals surface area contributed by atoms with E-state index in [2.05, 4.69) is 15.9 Å². The van der Waals surface area contributed by atoms with E-state index in [0.717, 1.165) is 8.78 Å². The number of carbonyl (C=O) groups is 1. The maximum Gasteiger partial charge on any atom is 0.246 e. The van der Waals surface area contributed by atoms with Crippen LogP contribution in [0.4, 0.5) is 0 Å². The summed E-state index contributed by atoms with van der Waals surface area (Å²) < 4.78 is 27.6. The van der Waals surface area contributed by atoms with Crippen molar-refractivity contribution < 1.29 is 13.2 Å². The zero-order valence-electron chi connectivity index (χ0n) is 12.2. The molecule has 0 aromatic heterocycles. The predicted molar refractivity (Wildman–Crippen MR) is 97.4 cm³/mol. The summed E-state index contributed by atoms with van der Waals surface area (Å²) in [6.45, 7) is -0.528. The van der Waals surface area contributed by atoms with Crippen molar-refractivity contribution in [2.45, 2.75) is 11.4 Å². The molecule has 0 heterocycles. The summed E-state index contributed by atoms with van der Waals surface area (Å²) in [6.07, 6.45) is 0. The molecule has 2 aromatic carbocycles. The van der Waals surface area contributed by atoms with Gasteiger partial charge in [0, 0.05) is 11.0 Å². The van der Waals surface area contributed by atoms with Gasteiger partial charge in [0.2, 0.25) is 15.9 Å². The van der Waals surface area contributed by atoms with Crippen molar-refractivity contribution in [2.24, 2.45) is 5.73 Å². The molecule has 9 heteroatoms. The molecule has 2 aromatic rings. The third-order valence-electron chi connectivity index (χ3n) is 3.12. The van der Waals surface area contributed by atoms with Gasteiger partial charge in [-0.1, -0.05) is 57.3 Å². The van der Waals surface area contributed by atoms with E-state index in [0.29, 0.717) is 5.56 Å². The molecule has 1 amide bonds. The number of primary amides is 1. The van der Waals surface area contributed by atoms with E-state index in [9.17, 15) is 13.2 Å². The molecule has 0 radical (unpaired) electrons. The van der Waals surface area contributed by atoms with Crippen LogP contribution in [0.15, 0.2) is 51.8 Å². The lowest BCUT2D eigenvalue weighted by Crippen LogP contribution is -2.38. The van der Waals surface area contributed by atoms with E-state index in [4.69, 9.17) is 28.9 Å². The smallest absolute Gasteiger partial charge is 0.246 e. The molecule has 0 fully saturated rings. The van der Waals surface area contributed by atoms with E-state index in [1.54, 1.807) is 24.3 Å². The van der Waals surface area contributed by atoms with Crippen LogP contribution in [0.3, 0.4) is 0 Å². The maximum atomic E-state index is 12.9. The fourth-order valence-corrected chi connectivity index (χ4v) is 4.80. The van der Waals surface area contributed by atoms with Crippen LogP contribution in [0.2, 0.25) is 10.0 Å². The number of nitrogens with two attached hydrogens (primary N) is 1. The van der Waals surface area contributed by atoms with E-state index < -0.39 is 22.5 Å². The molecule has 2 N–H and O–H groups in total. The second-order valence-corrected chi connectivity index (χ2v) is 8.52. The predicted octanol–water partition coefficient (Wildman–Crippen LogP) is 3.43. The number of halogens is 3. The number of amides is 1. The molecule has 2 rings (SSSR count). The molecule has 0 aliphatic carbocycles. The highest BCUT2D eigenvalue weighted by atomic mass is 79.9. The molecule has 0 spiro atoms. The quantitative estimate of drug-likeness (QED) is 0.730.